The zero-order valence-electron chi connectivity index (χ0n) is 13.0. The van der Waals surface area contributed by atoms with E-state index in [4.69, 9.17) is 10.5 Å². The van der Waals surface area contributed by atoms with Gasteiger partial charge in [0.1, 0.15) is 6.04 Å². The molecule has 1 aliphatic rings. The van der Waals surface area contributed by atoms with E-state index in [1.807, 2.05) is 44.2 Å². The molecule has 1 aliphatic heterocycles. The molecule has 1 saturated heterocycles. The molecule has 1 fully saturated rings. The summed E-state index contributed by atoms with van der Waals surface area (Å²) in [5, 5.41) is 2.88. The van der Waals surface area contributed by atoms with Crippen LogP contribution in [0.25, 0.3) is 0 Å². The molecule has 5 nitrogen and oxygen atoms in total. The minimum Gasteiger partial charge on any atom is -0.379 e. The predicted molar refractivity (Wildman–Crippen MR) is 85.0 cm³/mol. The van der Waals surface area contributed by atoms with Crippen LogP contribution < -0.4 is 11.1 Å². The van der Waals surface area contributed by atoms with Crippen molar-refractivity contribution >= 4 is 5.91 Å². The second-order valence-corrected chi connectivity index (χ2v) is 4.63. The molecule has 21 heavy (non-hydrogen) atoms. The Morgan fingerprint density at radius 1 is 1.29 bits per heavy atom. The molecule has 1 aromatic carbocycles. The van der Waals surface area contributed by atoms with E-state index in [0.29, 0.717) is 6.54 Å². The molecule has 0 saturated carbocycles. The maximum atomic E-state index is 11.9. The number of benzene rings is 1. The Morgan fingerprint density at radius 3 is 2.52 bits per heavy atom. The van der Waals surface area contributed by atoms with E-state index in [1.165, 1.54) is 0 Å². The lowest BCUT2D eigenvalue weighted by molar-refractivity contribution is -0.122. The number of rotatable bonds is 5. The highest BCUT2D eigenvalue weighted by Gasteiger charge is 2.15. The van der Waals surface area contributed by atoms with Crippen LogP contribution in [0.5, 0.6) is 0 Å². The van der Waals surface area contributed by atoms with E-state index >= 15 is 0 Å². The third-order valence-electron chi connectivity index (χ3n) is 3.27. The second-order valence-electron chi connectivity index (χ2n) is 4.63. The number of nitrogens with one attached hydrogen (secondary N) is 1. The van der Waals surface area contributed by atoms with Crippen molar-refractivity contribution in [1.82, 2.24) is 10.2 Å². The van der Waals surface area contributed by atoms with Gasteiger partial charge in [-0.1, -0.05) is 44.2 Å². The van der Waals surface area contributed by atoms with Gasteiger partial charge in [0, 0.05) is 26.2 Å². The molecule has 118 valence electrons. The molecular weight excluding hydrogens is 266 g/mol. The fourth-order valence-corrected chi connectivity index (χ4v) is 2.08. The van der Waals surface area contributed by atoms with Gasteiger partial charge in [0.15, 0.2) is 0 Å². The Labute approximate surface area is 127 Å². The molecule has 1 heterocycles. The molecule has 0 bridgehead atoms. The first kappa shape index (κ1) is 17.6. The van der Waals surface area contributed by atoms with Gasteiger partial charge >= 0.3 is 0 Å². The predicted octanol–water partition coefficient (Wildman–Crippen LogP) is 1.16. The average molecular weight is 293 g/mol. The highest BCUT2D eigenvalue weighted by Crippen LogP contribution is 2.08. The Hall–Kier alpha value is -1.43. The van der Waals surface area contributed by atoms with Gasteiger partial charge < -0.3 is 15.8 Å². The van der Waals surface area contributed by atoms with Crippen LogP contribution in [0, 0.1) is 0 Å². The van der Waals surface area contributed by atoms with E-state index in [9.17, 15) is 4.79 Å². The zero-order chi connectivity index (χ0) is 15.5. The highest BCUT2D eigenvalue weighted by atomic mass is 16.5. The van der Waals surface area contributed by atoms with Crippen molar-refractivity contribution in [2.75, 3.05) is 39.4 Å². The summed E-state index contributed by atoms with van der Waals surface area (Å²) in [6.45, 7) is 8.88. The second kappa shape index (κ2) is 10.3. The molecule has 3 N–H and O–H groups in total. The molecule has 0 aliphatic carbocycles. The quantitative estimate of drug-likeness (QED) is 0.855. The molecule has 2 rings (SSSR count). The maximum Gasteiger partial charge on any atom is 0.241 e. The standard InChI is InChI=1S/C14H21N3O2.C2H6/c15-13(12-4-2-1-3-5-12)14(18)16-6-7-17-8-10-19-11-9-17;1-2/h1-5,13H,6-11,15H2,(H,16,18);1-2H3. The van der Waals surface area contributed by atoms with Crippen LogP contribution in [0.4, 0.5) is 0 Å². The Kier molecular flexibility index (Phi) is 8.66. The summed E-state index contributed by atoms with van der Waals surface area (Å²) < 4.78 is 5.27. The van der Waals surface area contributed by atoms with E-state index < -0.39 is 6.04 Å². The third kappa shape index (κ3) is 6.25. The van der Waals surface area contributed by atoms with Gasteiger partial charge in [-0.05, 0) is 5.56 Å². The molecule has 5 heteroatoms. The Bertz CT molecular complexity index is 392. The summed E-state index contributed by atoms with van der Waals surface area (Å²) in [6.07, 6.45) is 0. The van der Waals surface area contributed by atoms with Crippen LogP contribution in [0.15, 0.2) is 30.3 Å². The summed E-state index contributed by atoms with van der Waals surface area (Å²) in [6, 6.07) is 8.82. The third-order valence-corrected chi connectivity index (χ3v) is 3.27. The van der Waals surface area contributed by atoms with Gasteiger partial charge in [-0.25, -0.2) is 0 Å². The summed E-state index contributed by atoms with van der Waals surface area (Å²) in [7, 11) is 0. The molecule has 1 unspecified atom stereocenters. The fraction of sp³-hybridized carbons (Fsp3) is 0.562. The van der Waals surface area contributed by atoms with Gasteiger partial charge in [0.25, 0.3) is 0 Å². The van der Waals surface area contributed by atoms with Crippen molar-refractivity contribution < 1.29 is 9.53 Å². The van der Waals surface area contributed by atoms with Crippen molar-refractivity contribution in [2.24, 2.45) is 5.73 Å². The monoisotopic (exact) mass is 293 g/mol. The molecular formula is C16H27N3O2. The lowest BCUT2D eigenvalue weighted by Gasteiger charge is -2.26. The number of amides is 1. The normalized spacial score (nSPS) is 16.5. The van der Waals surface area contributed by atoms with Crippen LogP contribution in [-0.4, -0.2) is 50.2 Å². The van der Waals surface area contributed by atoms with E-state index in [1.54, 1.807) is 0 Å². The summed E-state index contributed by atoms with van der Waals surface area (Å²) in [4.78, 5) is 14.2. The minimum atomic E-state index is -0.592. The largest absolute Gasteiger partial charge is 0.379 e. The van der Waals surface area contributed by atoms with E-state index in [-0.39, 0.29) is 5.91 Å². The molecule has 1 aromatic rings. The molecule has 0 radical (unpaired) electrons. The number of morpholine rings is 1. The Morgan fingerprint density at radius 2 is 1.90 bits per heavy atom. The number of nitrogens with zero attached hydrogens (tertiary/aromatic N) is 1. The summed E-state index contributed by atoms with van der Waals surface area (Å²) >= 11 is 0. The molecule has 1 amide bonds. The SMILES string of the molecule is CC.NC(C(=O)NCCN1CCOCC1)c1ccccc1. The summed E-state index contributed by atoms with van der Waals surface area (Å²) in [5.41, 5.74) is 6.75. The average Bonchev–Trinajstić information content (AvgIpc) is 2.57. The van der Waals surface area contributed by atoms with Crippen LogP contribution >= 0.6 is 0 Å². The number of nitrogens with two attached hydrogens (primary N) is 1. The van der Waals surface area contributed by atoms with Gasteiger partial charge in [0.05, 0.1) is 13.2 Å². The van der Waals surface area contributed by atoms with Gasteiger partial charge in [-0.2, -0.15) is 0 Å². The van der Waals surface area contributed by atoms with Gasteiger partial charge in [-0.15, -0.1) is 0 Å². The van der Waals surface area contributed by atoms with Crippen LogP contribution in [0.3, 0.4) is 0 Å². The number of hydrogen-bond acceptors (Lipinski definition) is 4. The molecule has 0 spiro atoms. The minimum absolute atomic E-state index is 0.126. The van der Waals surface area contributed by atoms with Gasteiger partial charge in [-0.3, -0.25) is 9.69 Å². The smallest absolute Gasteiger partial charge is 0.241 e. The van der Waals surface area contributed by atoms with Crippen molar-refractivity contribution in [1.29, 1.82) is 0 Å². The maximum absolute atomic E-state index is 11.9. The van der Waals surface area contributed by atoms with Crippen molar-refractivity contribution in [3.05, 3.63) is 35.9 Å². The van der Waals surface area contributed by atoms with Gasteiger partial charge in [0.2, 0.25) is 5.91 Å². The molecule has 1 atom stereocenters. The summed E-state index contributed by atoms with van der Waals surface area (Å²) in [5.74, 6) is -0.126. The Balaban J connectivity index is 0.00000106. The van der Waals surface area contributed by atoms with Crippen LogP contribution in [0.2, 0.25) is 0 Å². The van der Waals surface area contributed by atoms with Crippen LogP contribution in [0.1, 0.15) is 25.5 Å². The number of carbonyl (C=O) groups is 1. The van der Waals surface area contributed by atoms with Crippen LogP contribution in [-0.2, 0) is 9.53 Å². The first-order valence-electron chi connectivity index (χ1n) is 7.66. The number of hydrogen-bond donors (Lipinski definition) is 2. The fourth-order valence-electron chi connectivity index (χ4n) is 2.08. The lowest BCUT2D eigenvalue weighted by atomic mass is 10.1. The van der Waals surface area contributed by atoms with Crippen molar-refractivity contribution in [2.45, 2.75) is 19.9 Å². The zero-order valence-corrected chi connectivity index (χ0v) is 13.0. The highest BCUT2D eigenvalue weighted by molar-refractivity contribution is 5.82. The number of carbonyl (C=O) groups excluding carboxylic acids is 1. The topological polar surface area (TPSA) is 67.6 Å². The first-order valence-corrected chi connectivity index (χ1v) is 7.66. The number of ether oxygens (including phenoxy) is 1. The van der Waals surface area contributed by atoms with E-state index in [0.717, 1.165) is 38.4 Å². The van der Waals surface area contributed by atoms with Crippen molar-refractivity contribution in [3.8, 4) is 0 Å². The van der Waals surface area contributed by atoms with E-state index in [2.05, 4.69) is 10.2 Å². The molecule has 0 aromatic heterocycles. The van der Waals surface area contributed by atoms with Crippen molar-refractivity contribution in [3.63, 3.8) is 0 Å². The first-order chi connectivity index (χ1) is 10.3. The lowest BCUT2D eigenvalue weighted by Crippen LogP contribution is -2.43.